The zero-order valence-corrected chi connectivity index (χ0v) is 15.3. The zero-order chi connectivity index (χ0) is 18.5. The van der Waals surface area contributed by atoms with Crippen LogP contribution in [0.1, 0.15) is 35.7 Å². The van der Waals surface area contributed by atoms with Crippen LogP contribution in [0.2, 0.25) is 0 Å². The molecule has 1 aliphatic rings. The summed E-state index contributed by atoms with van der Waals surface area (Å²) in [6, 6.07) is 7.71. The van der Waals surface area contributed by atoms with Crippen LogP contribution in [0.15, 0.2) is 35.3 Å². The van der Waals surface area contributed by atoms with Crippen molar-refractivity contribution in [3.8, 4) is 11.4 Å². The van der Waals surface area contributed by atoms with Gasteiger partial charge in [-0.2, -0.15) is 0 Å². The fraction of sp³-hybridized carbons (Fsp3) is 0.450. The molecule has 2 heterocycles. The van der Waals surface area contributed by atoms with Crippen LogP contribution in [0.3, 0.4) is 0 Å². The van der Waals surface area contributed by atoms with Crippen LogP contribution in [0.5, 0.6) is 0 Å². The predicted octanol–water partition coefficient (Wildman–Crippen LogP) is 2.63. The molecule has 0 spiro atoms. The second kappa shape index (κ2) is 8.27. The third-order valence-corrected chi connectivity index (χ3v) is 4.63. The summed E-state index contributed by atoms with van der Waals surface area (Å²) in [4.78, 5) is 33.8. The minimum absolute atomic E-state index is 0.0935. The van der Waals surface area contributed by atoms with Gasteiger partial charge in [-0.1, -0.05) is 36.8 Å². The van der Waals surface area contributed by atoms with Crippen molar-refractivity contribution in [1.82, 2.24) is 14.9 Å². The van der Waals surface area contributed by atoms with Crippen molar-refractivity contribution in [2.75, 3.05) is 26.3 Å². The highest BCUT2D eigenvalue weighted by molar-refractivity contribution is 5.93. The van der Waals surface area contributed by atoms with E-state index in [2.05, 4.69) is 16.9 Å². The SMILES string of the molecule is CCCOC[C@@H]1CCN(C(=O)c2cnc(-c3ccc(C)cc3)[nH]c2=O)C1. The lowest BCUT2D eigenvalue weighted by Crippen LogP contribution is -2.33. The number of rotatable bonds is 6. The third kappa shape index (κ3) is 4.19. The Morgan fingerprint density at radius 2 is 2.12 bits per heavy atom. The van der Waals surface area contributed by atoms with Gasteiger partial charge < -0.3 is 14.6 Å². The molecule has 1 aliphatic heterocycles. The lowest BCUT2D eigenvalue weighted by Gasteiger charge is -2.16. The number of nitrogens with zero attached hydrogens (tertiary/aromatic N) is 2. The number of H-pyrrole nitrogens is 1. The first-order chi connectivity index (χ1) is 12.6. The van der Waals surface area contributed by atoms with E-state index in [0.717, 1.165) is 30.6 Å². The van der Waals surface area contributed by atoms with Crippen LogP contribution in [-0.2, 0) is 4.74 Å². The van der Waals surface area contributed by atoms with E-state index < -0.39 is 5.56 Å². The lowest BCUT2D eigenvalue weighted by molar-refractivity contribution is 0.0752. The van der Waals surface area contributed by atoms with Gasteiger partial charge in [0.05, 0.1) is 6.61 Å². The summed E-state index contributed by atoms with van der Waals surface area (Å²) in [5.41, 5.74) is 1.65. The molecule has 0 saturated carbocycles. The van der Waals surface area contributed by atoms with Gasteiger partial charge in [0.2, 0.25) is 0 Å². The first kappa shape index (κ1) is 18.3. The smallest absolute Gasteiger partial charge is 0.264 e. The average molecular weight is 355 g/mol. The molecule has 6 nitrogen and oxygen atoms in total. The molecule has 26 heavy (non-hydrogen) atoms. The molecule has 6 heteroatoms. The Labute approximate surface area is 153 Å². The Bertz CT molecular complexity index is 814. The van der Waals surface area contributed by atoms with Crippen molar-refractivity contribution < 1.29 is 9.53 Å². The second-order valence-electron chi connectivity index (χ2n) is 6.82. The van der Waals surface area contributed by atoms with Gasteiger partial charge in [0.15, 0.2) is 0 Å². The van der Waals surface area contributed by atoms with Gasteiger partial charge in [0.25, 0.3) is 11.5 Å². The highest BCUT2D eigenvalue weighted by Crippen LogP contribution is 2.19. The highest BCUT2D eigenvalue weighted by Gasteiger charge is 2.28. The van der Waals surface area contributed by atoms with Gasteiger partial charge in [-0.05, 0) is 19.8 Å². The van der Waals surface area contributed by atoms with E-state index in [1.165, 1.54) is 6.20 Å². The Morgan fingerprint density at radius 1 is 1.35 bits per heavy atom. The van der Waals surface area contributed by atoms with Crippen molar-refractivity contribution in [3.05, 3.63) is 51.9 Å². The molecule has 0 bridgehead atoms. The Morgan fingerprint density at radius 3 is 2.81 bits per heavy atom. The molecule has 1 amide bonds. The Hall–Kier alpha value is -2.47. The lowest BCUT2D eigenvalue weighted by atomic mass is 10.1. The van der Waals surface area contributed by atoms with Crippen LogP contribution in [0.4, 0.5) is 0 Å². The number of hydrogen-bond acceptors (Lipinski definition) is 4. The molecule has 138 valence electrons. The molecule has 1 N–H and O–H groups in total. The molecule has 1 saturated heterocycles. The van der Waals surface area contributed by atoms with Gasteiger partial charge in [0, 0.05) is 37.4 Å². The minimum Gasteiger partial charge on any atom is -0.381 e. The van der Waals surface area contributed by atoms with E-state index in [4.69, 9.17) is 4.74 Å². The normalized spacial score (nSPS) is 16.8. The topological polar surface area (TPSA) is 75.3 Å². The molecule has 1 atom stereocenters. The van der Waals surface area contributed by atoms with Gasteiger partial charge in [-0.15, -0.1) is 0 Å². The number of benzene rings is 1. The van der Waals surface area contributed by atoms with Crippen LogP contribution >= 0.6 is 0 Å². The maximum absolute atomic E-state index is 12.7. The number of nitrogens with one attached hydrogen (secondary N) is 1. The molecule has 0 aliphatic carbocycles. The molecule has 3 rings (SSSR count). The first-order valence-electron chi connectivity index (χ1n) is 9.12. The van der Waals surface area contributed by atoms with Gasteiger partial charge >= 0.3 is 0 Å². The maximum atomic E-state index is 12.7. The molecule has 1 fully saturated rings. The number of carbonyl (C=O) groups excluding carboxylic acids is 1. The first-order valence-corrected chi connectivity index (χ1v) is 9.12. The number of ether oxygens (including phenoxy) is 1. The molecular weight excluding hydrogens is 330 g/mol. The maximum Gasteiger partial charge on any atom is 0.264 e. The van der Waals surface area contributed by atoms with Gasteiger partial charge in [-0.25, -0.2) is 4.98 Å². The van der Waals surface area contributed by atoms with Crippen molar-refractivity contribution in [2.24, 2.45) is 5.92 Å². The predicted molar refractivity (Wildman–Crippen MR) is 100 cm³/mol. The summed E-state index contributed by atoms with van der Waals surface area (Å²) in [5.74, 6) is 0.551. The number of amides is 1. The molecule has 1 aromatic carbocycles. The zero-order valence-electron chi connectivity index (χ0n) is 15.3. The molecule has 1 aromatic heterocycles. The molecule has 0 unspecified atom stereocenters. The summed E-state index contributed by atoms with van der Waals surface area (Å²) in [6.07, 6.45) is 3.28. The minimum atomic E-state index is -0.397. The van der Waals surface area contributed by atoms with Gasteiger partial charge in [0.1, 0.15) is 11.4 Å². The molecular formula is C20H25N3O3. The number of aromatic nitrogens is 2. The molecule has 2 aromatic rings. The van der Waals surface area contributed by atoms with Crippen molar-refractivity contribution in [2.45, 2.75) is 26.7 Å². The van der Waals surface area contributed by atoms with E-state index in [1.807, 2.05) is 31.2 Å². The van der Waals surface area contributed by atoms with E-state index in [9.17, 15) is 9.59 Å². The summed E-state index contributed by atoms with van der Waals surface area (Å²) in [7, 11) is 0. The highest BCUT2D eigenvalue weighted by atomic mass is 16.5. The summed E-state index contributed by atoms with van der Waals surface area (Å²) in [5, 5.41) is 0. The second-order valence-corrected chi connectivity index (χ2v) is 6.82. The number of aryl methyl sites for hydroxylation is 1. The van der Waals surface area contributed by atoms with E-state index in [-0.39, 0.29) is 11.5 Å². The van der Waals surface area contributed by atoms with Crippen LogP contribution in [0.25, 0.3) is 11.4 Å². The average Bonchev–Trinajstić information content (AvgIpc) is 3.11. The van der Waals surface area contributed by atoms with E-state index >= 15 is 0 Å². The van der Waals surface area contributed by atoms with Crippen molar-refractivity contribution >= 4 is 5.91 Å². The van der Waals surface area contributed by atoms with Crippen molar-refractivity contribution in [3.63, 3.8) is 0 Å². The van der Waals surface area contributed by atoms with Crippen LogP contribution in [0, 0.1) is 12.8 Å². The quantitative estimate of drug-likeness (QED) is 0.808. The standard InChI is InChI=1S/C20H25N3O3/c1-3-10-26-13-15-8-9-23(12-15)20(25)17-11-21-18(22-19(17)24)16-6-4-14(2)5-7-16/h4-7,11,15H,3,8-10,12-13H2,1-2H3,(H,21,22,24)/t15-/m1/s1. The monoisotopic (exact) mass is 355 g/mol. The summed E-state index contributed by atoms with van der Waals surface area (Å²) < 4.78 is 5.58. The number of carbonyl (C=O) groups is 1. The number of aromatic amines is 1. The largest absolute Gasteiger partial charge is 0.381 e. The fourth-order valence-electron chi connectivity index (χ4n) is 3.12. The summed E-state index contributed by atoms with van der Waals surface area (Å²) >= 11 is 0. The van der Waals surface area contributed by atoms with Crippen LogP contribution in [-0.4, -0.2) is 47.1 Å². The molecule has 0 radical (unpaired) electrons. The van der Waals surface area contributed by atoms with E-state index in [0.29, 0.717) is 31.4 Å². The number of hydrogen-bond donors (Lipinski definition) is 1. The summed E-state index contributed by atoms with van der Waals surface area (Å²) in [6.45, 7) is 6.76. The van der Waals surface area contributed by atoms with Gasteiger partial charge in [-0.3, -0.25) is 9.59 Å². The Kier molecular flexibility index (Phi) is 5.83. The fourth-order valence-corrected chi connectivity index (χ4v) is 3.12. The van der Waals surface area contributed by atoms with E-state index in [1.54, 1.807) is 4.90 Å². The Balaban J connectivity index is 1.69. The number of likely N-dealkylation sites (tertiary alicyclic amines) is 1. The van der Waals surface area contributed by atoms with Crippen LogP contribution < -0.4 is 5.56 Å². The van der Waals surface area contributed by atoms with Crippen molar-refractivity contribution in [1.29, 1.82) is 0 Å². The third-order valence-electron chi connectivity index (χ3n) is 4.63.